The lowest BCUT2D eigenvalue weighted by Gasteiger charge is -2.46. The first-order valence-electron chi connectivity index (χ1n) is 11.8. The summed E-state index contributed by atoms with van der Waals surface area (Å²) in [6.45, 7) is 7.65. The van der Waals surface area contributed by atoms with Crippen molar-refractivity contribution in [2.75, 3.05) is 72.7 Å². The van der Waals surface area contributed by atoms with Gasteiger partial charge in [0.25, 0.3) is 0 Å². The van der Waals surface area contributed by atoms with Crippen LogP contribution in [0.3, 0.4) is 0 Å². The lowest BCUT2D eigenvalue weighted by atomic mass is 9.92. The molecular weight excluding hydrogens is 386 g/mol. The summed E-state index contributed by atoms with van der Waals surface area (Å²) in [5.74, 6) is 0.830. The molecule has 4 atom stereocenters. The predicted octanol–water partition coefficient (Wildman–Crippen LogP) is 0.186. The van der Waals surface area contributed by atoms with Crippen LogP contribution in [0.4, 0.5) is 0 Å². The zero-order chi connectivity index (χ0) is 20.9. The number of aliphatic hydroxyl groups excluding tert-OH is 1. The minimum absolute atomic E-state index is 0.0311. The lowest BCUT2D eigenvalue weighted by molar-refractivity contribution is -0.162. The van der Waals surface area contributed by atoms with Gasteiger partial charge in [-0.3, -0.25) is 9.69 Å². The number of aliphatic hydroxyl groups is 1. The van der Waals surface area contributed by atoms with Gasteiger partial charge in [0.2, 0.25) is 5.91 Å². The minimum atomic E-state index is -0.456. The summed E-state index contributed by atoms with van der Waals surface area (Å²) in [7, 11) is 2.10. The number of ether oxygens (including phenoxy) is 3. The van der Waals surface area contributed by atoms with Gasteiger partial charge < -0.3 is 29.1 Å². The van der Waals surface area contributed by atoms with E-state index in [4.69, 9.17) is 14.2 Å². The SMILES string of the molecule is CN1CCN(C(=O)C[C@@H]2CC[C@@H]3[C@H](COC[C@@H](O)CN3CC3CCOCC3)O2)CC1. The fraction of sp³-hybridized carbons (Fsp3) is 0.955. The molecule has 4 rings (SSSR count). The van der Waals surface area contributed by atoms with Gasteiger partial charge in [-0.2, -0.15) is 0 Å². The first kappa shape index (κ1) is 22.4. The van der Waals surface area contributed by atoms with Crippen LogP contribution in [0.2, 0.25) is 0 Å². The van der Waals surface area contributed by atoms with Crippen molar-refractivity contribution in [1.82, 2.24) is 14.7 Å². The third-order valence-corrected chi connectivity index (χ3v) is 7.18. The van der Waals surface area contributed by atoms with Crippen LogP contribution in [0.1, 0.15) is 32.1 Å². The smallest absolute Gasteiger partial charge is 0.225 e. The summed E-state index contributed by atoms with van der Waals surface area (Å²) >= 11 is 0. The molecule has 30 heavy (non-hydrogen) atoms. The Morgan fingerprint density at radius 2 is 1.77 bits per heavy atom. The van der Waals surface area contributed by atoms with Gasteiger partial charge in [-0.05, 0) is 38.6 Å². The highest BCUT2D eigenvalue weighted by Gasteiger charge is 2.39. The van der Waals surface area contributed by atoms with E-state index in [0.29, 0.717) is 32.1 Å². The Bertz CT molecular complexity index is 551. The Hall–Kier alpha value is -0.770. The maximum Gasteiger partial charge on any atom is 0.225 e. The molecule has 0 aliphatic carbocycles. The highest BCUT2D eigenvalue weighted by Crippen LogP contribution is 2.29. The molecule has 1 amide bonds. The molecule has 0 aromatic heterocycles. The van der Waals surface area contributed by atoms with Crippen molar-refractivity contribution < 1.29 is 24.1 Å². The van der Waals surface area contributed by atoms with Crippen LogP contribution in [-0.4, -0.2) is 123 Å². The highest BCUT2D eigenvalue weighted by atomic mass is 16.5. The van der Waals surface area contributed by atoms with Gasteiger partial charge >= 0.3 is 0 Å². The Morgan fingerprint density at radius 3 is 2.53 bits per heavy atom. The van der Waals surface area contributed by atoms with Crippen LogP contribution in [0, 0.1) is 5.92 Å². The van der Waals surface area contributed by atoms with Crippen LogP contribution in [0.5, 0.6) is 0 Å². The van der Waals surface area contributed by atoms with Gasteiger partial charge in [0.1, 0.15) is 0 Å². The molecule has 4 fully saturated rings. The summed E-state index contributed by atoms with van der Waals surface area (Å²) in [6, 6.07) is 0.248. The fourth-order valence-electron chi connectivity index (χ4n) is 5.30. The number of β-amino-alcohol motifs (C(OH)–C–C–N with tert-alkyl or cyclic N) is 1. The molecule has 4 saturated heterocycles. The van der Waals surface area contributed by atoms with Crippen molar-refractivity contribution >= 4 is 5.91 Å². The Balaban J connectivity index is 1.33. The van der Waals surface area contributed by atoms with Gasteiger partial charge in [0.15, 0.2) is 0 Å². The number of hydrogen-bond donors (Lipinski definition) is 1. The molecular formula is C22H39N3O5. The number of hydrogen-bond acceptors (Lipinski definition) is 7. The first-order valence-corrected chi connectivity index (χ1v) is 11.8. The van der Waals surface area contributed by atoms with Crippen molar-refractivity contribution in [2.45, 2.75) is 56.5 Å². The Kier molecular flexibility index (Phi) is 8.00. The molecule has 0 aromatic carbocycles. The molecule has 0 unspecified atom stereocenters. The number of carbonyl (C=O) groups excluding carboxylic acids is 1. The number of piperazine rings is 1. The van der Waals surface area contributed by atoms with Crippen LogP contribution in [0.25, 0.3) is 0 Å². The number of rotatable bonds is 4. The van der Waals surface area contributed by atoms with E-state index in [1.165, 1.54) is 0 Å². The molecule has 0 aromatic rings. The van der Waals surface area contributed by atoms with Crippen molar-refractivity contribution in [3.05, 3.63) is 0 Å². The van der Waals surface area contributed by atoms with Gasteiger partial charge in [-0.25, -0.2) is 0 Å². The molecule has 1 N–H and O–H groups in total. The minimum Gasteiger partial charge on any atom is -0.389 e. The van der Waals surface area contributed by atoms with Gasteiger partial charge in [0, 0.05) is 58.5 Å². The Morgan fingerprint density at radius 1 is 1.00 bits per heavy atom. The fourth-order valence-corrected chi connectivity index (χ4v) is 5.30. The summed E-state index contributed by atoms with van der Waals surface area (Å²) in [4.78, 5) is 19.5. The summed E-state index contributed by atoms with van der Waals surface area (Å²) < 4.78 is 17.7. The second kappa shape index (κ2) is 10.7. The van der Waals surface area contributed by atoms with Crippen LogP contribution >= 0.6 is 0 Å². The van der Waals surface area contributed by atoms with E-state index in [0.717, 1.165) is 71.6 Å². The average molecular weight is 426 g/mol. The van der Waals surface area contributed by atoms with Gasteiger partial charge in [0.05, 0.1) is 37.9 Å². The standard InChI is InChI=1S/C22H39N3O5/c1-23-6-8-24(9-7-23)22(27)12-19-2-3-20-21(30-19)16-29-15-18(26)14-25(20)13-17-4-10-28-11-5-17/h17-21,26H,2-16H2,1H3/t18-,19-,20+,21-/m0/s1. The quantitative estimate of drug-likeness (QED) is 0.689. The van der Waals surface area contributed by atoms with Crippen LogP contribution < -0.4 is 0 Å². The first-order chi connectivity index (χ1) is 14.6. The number of nitrogens with zero attached hydrogens (tertiary/aromatic N) is 3. The zero-order valence-electron chi connectivity index (χ0n) is 18.4. The molecule has 0 spiro atoms. The molecule has 0 bridgehead atoms. The van der Waals surface area contributed by atoms with Crippen molar-refractivity contribution in [2.24, 2.45) is 5.92 Å². The summed E-state index contributed by atoms with van der Waals surface area (Å²) in [6.07, 6.45) is 4.00. The summed E-state index contributed by atoms with van der Waals surface area (Å²) in [5.41, 5.74) is 0. The predicted molar refractivity (Wildman–Crippen MR) is 112 cm³/mol. The Labute approximate surface area is 180 Å². The topological polar surface area (TPSA) is 74.7 Å². The monoisotopic (exact) mass is 425 g/mol. The molecule has 8 heteroatoms. The molecule has 172 valence electrons. The van der Waals surface area contributed by atoms with Crippen molar-refractivity contribution in [3.8, 4) is 0 Å². The third-order valence-electron chi connectivity index (χ3n) is 7.18. The average Bonchev–Trinajstić information content (AvgIpc) is 2.74. The van der Waals surface area contributed by atoms with Gasteiger partial charge in [-0.1, -0.05) is 0 Å². The maximum atomic E-state index is 12.8. The molecule has 4 aliphatic heterocycles. The highest BCUT2D eigenvalue weighted by molar-refractivity contribution is 5.76. The van der Waals surface area contributed by atoms with E-state index >= 15 is 0 Å². The van der Waals surface area contributed by atoms with Gasteiger partial charge in [-0.15, -0.1) is 0 Å². The molecule has 0 saturated carbocycles. The van der Waals surface area contributed by atoms with Crippen molar-refractivity contribution in [3.63, 3.8) is 0 Å². The number of amides is 1. The van der Waals surface area contributed by atoms with E-state index in [2.05, 4.69) is 16.8 Å². The normalized spacial score (nSPS) is 35.5. The molecule has 8 nitrogen and oxygen atoms in total. The molecule has 4 heterocycles. The maximum absolute atomic E-state index is 12.8. The summed E-state index contributed by atoms with van der Waals surface area (Å²) in [5, 5.41) is 10.4. The van der Waals surface area contributed by atoms with Crippen molar-refractivity contribution in [1.29, 1.82) is 0 Å². The second-order valence-electron chi connectivity index (χ2n) is 9.53. The van der Waals surface area contributed by atoms with Crippen LogP contribution in [-0.2, 0) is 19.0 Å². The number of carbonyl (C=O) groups is 1. The van der Waals surface area contributed by atoms with Crippen LogP contribution in [0.15, 0.2) is 0 Å². The third kappa shape index (κ3) is 5.93. The van der Waals surface area contributed by atoms with E-state index in [9.17, 15) is 9.90 Å². The van der Waals surface area contributed by atoms with E-state index in [1.807, 2.05) is 4.90 Å². The molecule has 0 radical (unpaired) electrons. The lowest BCUT2D eigenvalue weighted by Crippen LogP contribution is -2.57. The zero-order valence-corrected chi connectivity index (χ0v) is 18.4. The van der Waals surface area contributed by atoms with E-state index in [-0.39, 0.29) is 24.2 Å². The number of fused-ring (bicyclic) bond motifs is 1. The van der Waals surface area contributed by atoms with E-state index in [1.54, 1.807) is 0 Å². The largest absolute Gasteiger partial charge is 0.389 e. The molecule has 4 aliphatic rings. The number of likely N-dealkylation sites (N-methyl/N-ethyl adjacent to an activating group) is 1. The second-order valence-corrected chi connectivity index (χ2v) is 9.53. The van der Waals surface area contributed by atoms with E-state index < -0.39 is 6.10 Å².